The number of nitrogens with one attached hydrogen (secondary N) is 2. The van der Waals surface area contributed by atoms with Crippen LogP contribution in [0.15, 0.2) is 52.1 Å². The van der Waals surface area contributed by atoms with E-state index in [9.17, 15) is 9.59 Å². The van der Waals surface area contributed by atoms with Gasteiger partial charge >= 0.3 is 0 Å². The molecule has 0 aliphatic heterocycles. The summed E-state index contributed by atoms with van der Waals surface area (Å²) >= 11 is 5.84. The number of hydrazone groups is 1. The third-order valence-corrected chi connectivity index (χ3v) is 5.37. The van der Waals surface area contributed by atoms with E-state index < -0.39 is 5.91 Å². The Kier molecular flexibility index (Phi) is 6.23. The van der Waals surface area contributed by atoms with E-state index in [1.165, 1.54) is 6.20 Å². The van der Waals surface area contributed by atoms with Crippen LogP contribution in [0.1, 0.15) is 50.6 Å². The fourth-order valence-corrected chi connectivity index (χ4v) is 3.66. The Bertz CT molecular complexity index is 1180. The molecule has 2 heterocycles. The third kappa shape index (κ3) is 4.50. The van der Waals surface area contributed by atoms with Crippen molar-refractivity contribution in [2.24, 2.45) is 5.10 Å². The van der Waals surface area contributed by atoms with Gasteiger partial charge in [0.05, 0.1) is 17.8 Å². The first-order valence-electron chi connectivity index (χ1n) is 10.0. The monoisotopic (exact) mass is 452 g/mol. The van der Waals surface area contributed by atoms with Crippen LogP contribution in [0.2, 0.25) is 5.02 Å². The number of amides is 2. The lowest BCUT2D eigenvalue weighted by Gasteiger charge is -2.13. The number of benzene rings is 1. The van der Waals surface area contributed by atoms with E-state index >= 15 is 0 Å². The molecule has 0 radical (unpaired) electrons. The molecule has 1 aromatic carbocycles. The average molecular weight is 453 g/mol. The second kappa shape index (κ2) is 9.23. The fraction of sp³-hybridized carbons (Fsp3) is 0.217. The highest BCUT2D eigenvalue weighted by Gasteiger charge is 2.28. The summed E-state index contributed by atoms with van der Waals surface area (Å²) in [6.07, 6.45) is 3.61. The minimum Gasteiger partial charge on any atom is -0.497 e. The van der Waals surface area contributed by atoms with Crippen molar-refractivity contribution >= 4 is 34.9 Å². The lowest BCUT2D eigenvalue weighted by atomic mass is 9.93. The lowest BCUT2D eigenvalue weighted by Crippen LogP contribution is -2.22. The van der Waals surface area contributed by atoms with Crippen molar-refractivity contribution in [3.8, 4) is 5.75 Å². The number of ether oxygens (including phenoxy) is 1. The Hall–Kier alpha value is -3.65. The summed E-state index contributed by atoms with van der Waals surface area (Å²) in [6.45, 7) is 1.80. The van der Waals surface area contributed by atoms with Gasteiger partial charge in [-0.2, -0.15) is 5.10 Å². The van der Waals surface area contributed by atoms with Crippen molar-refractivity contribution < 1.29 is 18.7 Å². The van der Waals surface area contributed by atoms with E-state index in [0.29, 0.717) is 52.0 Å². The first-order chi connectivity index (χ1) is 15.5. The predicted octanol–water partition coefficient (Wildman–Crippen LogP) is 4.37. The highest BCUT2D eigenvalue weighted by molar-refractivity contribution is 6.30. The molecule has 8 nitrogen and oxygen atoms in total. The molecule has 0 bridgehead atoms. The zero-order chi connectivity index (χ0) is 22.7. The van der Waals surface area contributed by atoms with E-state index in [4.69, 9.17) is 20.8 Å². The molecule has 2 N–H and O–H groups in total. The van der Waals surface area contributed by atoms with Crippen LogP contribution in [-0.2, 0) is 6.42 Å². The Balaban J connectivity index is 1.53. The molecule has 0 fully saturated rings. The van der Waals surface area contributed by atoms with Crippen LogP contribution in [0.4, 0.5) is 5.82 Å². The lowest BCUT2D eigenvalue weighted by molar-refractivity contribution is 0.0953. The maximum atomic E-state index is 12.8. The van der Waals surface area contributed by atoms with Gasteiger partial charge in [-0.25, -0.2) is 10.4 Å². The Morgan fingerprint density at radius 3 is 2.59 bits per heavy atom. The molecule has 1 aliphatic carbocycles. The number of aryl methyl sites for hydroxylation is 1. The summed E-state index contributed by atoms with van der Waals surface area (Å²) in [4.78, 5) is 29.3. The number of methoxy groups -OCH3 is 1. The second-order valence-corrected chi connectivity index (χ2v) is 7.69. The molecule has 1 aliphatic rings. The van der Waals surface area contributed by atoms with E-state index in [0.717, 1.165) is 12.0 Å². The molecule has 0 saturated carbocycles. The molecular weight excluding hydrogens is 432 g/mol. The quantitative estimate of drug-likeness (QED) is 0.559. The molecule has 3 aromatic rings. The van der Waals surface area contributed by atoms with E-state index in [-0.39, 0.29) is 11.7 Å². The standard InChI is InChI=1S/C23H21ClN4O4/c1-13-20-17(27-28-22(29)14-6-9-16(31-2)10-7-14)4-3-5-18(20)32-21(13)23(30)26-19-11-8-15(24)12-25-19/h6-12H,3-5H2,1-2H3,(H,28,29)(H,25,26,30)/b27-17+. The molecule has 0 unspecified atom stereocenters. The van der Waals surface area contributed by atoms with Crippen LogP contribution in [0.5, 0.6) is 5.75 Å². The van der Waals surface area contributed by atoms with Crippen LogP contribution in [0.25, 0.3) is 0 Å². The number of halogens is 1. The normalized spacial score (nSPS) is 14.0. The first-order valence-corrected chi connectivity index (χ1v) is 10.4. The van der Waals surface area contributed by atoms with Crippen molar-refractivity contribution in [3.63, 3.8) is 0 Å². The van der Waals surface area contributed by atoms with Crippen LogP contribution in [-0.4, -0.2) is 29.6 Å². The van der Waals surface area contributed by atoms with Gasteiger partial charge in [-0.15, -0.1) is 0 Å². The molecule has 0 atom stereocenters. The highest BCUT2D eigenvalue weighted by Crippen LogP contribution is 2.30. The van der Waals surface area contributed by atoms with E-state index in [2.05, 4.69) is 20.8 Å². The molecule has 2 amide bonds. The molecular formula is C23H21ClN4O4. The summed E-state index contributed by atoms with van der Waals surface area (Å²) < 4.78 is 11.0. The smallest absolute Gasteiger partial charge is 0.292 e. The first kappa shape index (κ1) is 21.6. The predicted molar refractivity (Wildman–Crippen MR) is 121 cm³/mol. The zero-order valence-electron chi connectivity index (χ0n) is 17.6. The number of carbonyl (C=O) groups is 2. The highest BCUT2D eigenvalue weighted by atomic mass is 35.5. The van der Waals surface area contributed by atoms with Crippen molar-refractivity contribution in [3.05, 3.63) is 75.8 Å². The molecule has 9 heteroatoms. The fourth-order valence-electron chi connectivity index (χ4n) is 3.54. The van der Waals surface area contributed by atoms with Gasteiger partial charge in [0.15, 0.2) is 5.76 Å². The summed E-state index contributed by atoms with van der Waals surface area (Å²) in [5.74, 6) is 1.17. The van der Waals surface area contributed by atoms with Gasteiger partial charge < -0.3 is 14.5 Å². The molecule has 4 rings (SSSR count). The SMILES string of the molecule is COc1ccc(C(=O)N/N=C2\CCCc3oc(C(=O)Nc4ccc(Cl)cn4)c(C)c32)cc1. The summed E-state index contributed by atoms with van der Waals surface area (Å²) in [6, 6.07) is 10.00. The van der Waals surface area contributed by atoms with Gasteiger partial charge in [0.25, 0.3) is 11.8 Å². The number of carbonyl (C=O) groups excluding carboxylic acids is 2. The van der Waals surface area contributed by atoms with Gasteiger partial charge in [-0.05, 0) is 56.2 Å². The number of pyridine rings is 1. The van der Waals surface area contributed by atoms with Crippen LogP contribution in [0, 0.1) is 6.92 Å². The molecule has 2 aromatic heterocycles. The van der Waals surface area contributed by atoms with Crippen LogP contribution < -0.4 is 15.5 Å². The number of anilines is 1. The molecule has 0 saturated heterocycles. The topological polar surface area (TPSA) is 106 Å². The maximum absolute atomic E-state index is 12.8. The second-order valence-electron chi connectivity index (χ2n) is 7.25. The minimum atomic E-state index is -0.409. The number of aromatic nitrogens is 1. The van der Waals surface area contributed by atoms with Crippen molar-refractivity contribution in [1.29, 1.82) is 0 Å². The molecule has 0 spiro atoms. The largest absolute Gasteiger partial charge is 0.497 e. The van der Waals surface area contributed by atoms with Gasteiger partial charge in [0.1, 0.15) is 17.3 Å². The Labute approximate surface area is 189 Å². The number of hydrogen-bond donors (Lipinski definition) is 2. The molecule has 32 heavy (non-hydrogen) atoms. The average Bonchev–Trinajstić information content (AvgIpc) is 3.16. The van der Waals surface area contributed by atoms with Gasteiger partial charge in [-0.3, -0.25) is 9.59 Å². The minimum absolute atomic E-state index is 0.197. The number of hydrogen-bond acceptors (Lipinski definition) is 6. The molecule has 164 valence electrons. The van der Waals surface area contributed by atoms with Crippen LogP contribution >= 0.6 is 11.6 Å². The van der Waals surface area contributed by atoms with Crippen LogP contribution in [0.3, 0.4) is 0 Å². The number of nitrogens with zero attached hydrogens (tertiary/aromatic N) is 2. The summed E-state index contributed by atoms with van der Waals surface area (Å²) in [7, 11) is 1.56. The van der Waals surface area contributed by atoms with E-state index in [1.807, 2.05) is 0 Å². The van der Waals surface area contributed by atoms with Crippen molar-refractivity contribution in [2.75, 3.05) is 12.4 Å². The summed E-state index contributed by atoms with van der Waals surface area (Å²) in [5, 5.41) is 7.52. The van der Waals surface area contributed by atoms with Gasteiger partial charge in [0, 0.05) is 29.3 Å². The Morgan fingerprint density at radius 1 is 1.12 bits per heavy atom. The number of furan rings is 1. The number of fused-ring (bicyclic) bond motifs is 1. The zero-order valence-corrected chi connectivity index (χ0v) is 18.3. The van der Waals surface area contributed by atoms with Gasteiger partial charge in [-0.1, -0.05) is 11.6 Å². The van der Waals surface area contributed by atoms with Gasteiger partial charge in [0.2, 0.25) is 0 Å². The van der Waals surface area contributed by atoms with Crippen molar-refractivity contribution in [1.82, 2.24) is 10.4 Å². The number of rotatable bonds is 5. The van der Waals surface area contributed by atoms with E-state index in [1.54, 1.807) is 50.4 Å². The third-order valence-electron chi connectivity index (χ3n) is 5.15. The Morgan fingerprint density at radius 2 is 1.91 bits per heavy atom. The van der Waals surface area contributed by atoms with Crippen molar-refractivity contribution in [2.45, 2.75) is 26.2 Å². The maximum Gasteiger partial charge on any atom is 0.292 e. The summed E-state index contributed by atoms with van der Waals surface area (Å²) in [5.41, 5.74) is 5.18.